The molecular formula is C15H25ClN2O3S. The quantitative estimate of drug-likeness (QED) is 0.856. The number of hydrogen-bond donors (Lipinski definition) is 1. The molecule has 126 valence electrons. The third kappa shape index (κ3) is 4.13. The molecule has 1 saturated heterocycles. The minimum absolute atomic E-state index is 0. The van der Waals surface area contributed by atoms with Crippen molar-refractivity contribution in [1.29, 1.82) is 0 Å². The highest BCUT2D eigenvalue weighted by Gasteiger charge is 2.33. The van der Waals surface area contributed by atoms with Gasteiger partial charge < -0.3 is 10.1 Å². The van der Waals surface area contributed by atoms with Crippen LogP contribution in [0.5, 0.6) is 5.75 Å². The summed E-state index contributed by atoms with van der Waals surface area (Å²) in [7, 11) is -2.02. The number of piperidine rings is 1. The molecule has 0 bridgehead atoms. The highest BCUT2D eigenvalue weighted by molar-refractivity contribution is 7.89. The summed E-state index contributed by atoms with van der Waals surface area (Å²) in [6.07, 6.45) is 2.51. The summed E-state index contributed by atoms with van der Waals surface area (Å²) in [4.78, 5) is 0.263. The third-order valence-corrected chi connectivity index (χ3v) is 5.81. The normalized spacial score (nSPS) is 16.3. The average molecular weight is 349 g/mol. The van der Waals surface area contributed by atoms with Gasteiger partial charge in [-0.2, -0.15) is 4.31 Å². The molecule has 0 aliphatic carbocycles. The largest absolute Gasteiger partial charge is 0.495 e. The first kappa shape index (κ1) is 19.2. The predicted octanol–water partition coefficient (Wildman–Crippen LogP) is 2.27. The van der Waals surface area contributed by atoms with Crippen molar-refractivity contribution in [3.8, 4) is 5.75 Å². The second kappa shape index (κ2) is 8.72. The standard InChI is InChI=1S/C15H24N2O3S.ClH/c1-3-12-17(13-8-10-16-11-9-13)21(18,19)15-7-5-4-6-14(15)20-2;/h4-7,13,16H,3,8-12H2,1-2H3;1H. The minimum Gasteiger partial charge on any atom is -0.495 e. The maximum Gasteiger partial charge on any atom is 0.247 e. The zero-order chi connectivity index (χ0) is 15.3. The van der Waals surface area contributed by atoms with Crippen LogP contribution < -0.4 is 10.1 Å². The van der Waals surface area contributed by atoms with Crippen LogP contribution in [-0.4, -0.2) is 45.5 Å². The summed E-state index contributed by atoms with van der Waals surface area (Å²) in [5, 5.41) is 3.28. The van der Waals surface area contributed by atoms with Crippen LogP contribution in [0, 0.1) is 0 Å². The summed E-state index contributed by atoms with van der Waals surface area (Å²) < 4.78 is 32.9. The molecule has 5 nitrogen and oxygen atoms in total. The zero-order valence-corrected chi connectivity index (χ0v) is 14.8. The van der Waals surface area contributed by atoms with Crippen molar-refractivity contribution in [3.05, 3.63) is 24.3 Å². The van der Waals surface area contributed by atoms with Gasteiger partial charge in [-0.1, -0.05) is 19.1 Å². The van der Waals surface area contributed by atoms with E-state index in [1.54, 1.807) is 28.6 Å². The van der Waals surface area contributed by atoms with E-state index in [-0.39, 0.29) is 23.3 Å². The lowest BCUT2D eigenvalue weighted by Gasteiger charge is -2.33. The van der Waals surface area contributed by atoms with E-state index < -0.39 is 10.0 Å². The molecule has 0 amide bonds. The second-order valence-corrected chi connectivity index (χ2v) is 7.11. The van der Waals surface area contributed by atoms with Crippen molar-refractivity contribution in [2.24, 2.45) is 0 Å². The van der Waals surface area contributed by atoms with Gasteiger partial charge in [0, 0.05) is 12.6 Å². The van der Waals surface area contributed by atoms with Gasteiger partial charge in [-0.05, 0) is 44.5 Å². The number of benzene rings is 1. The first-order valence-corrected chi connectivity index (χ1v) is 8.90. The Bertz CT molecular complexity index is 560. The van der Waals surface area contributed by atoms with Gasteiger partial charge in [0.25, 0.3) is 0 Å². The van der Waals surface area contributed by atoms with E-state index in [0.717, 1.165) is 32.4 Å². The van der Waals surface area contributed by atoms with Crippen molar-refractivity contribution < 1.29 is 13.2 Å². The number of sulfonamides is 1. The summed E-state index contributed by atoms with van der Waals surface area (Å²) in [5.41, 5.74) is 0. The van der Waals surface area contributed by atoms with Gasteiger partial charge >= 0.3 is 0 Å². The molecule has 0 saturated carbocycles. The minimum atomic E-state index is -3.53. The molecule has 7 heteroatoms. The smallest absolute Gasteiger partial charge is 0.247 e. The van der Waals surface area contributed by atoms with Crippen LogP contribution in [0.1, 0.15) is 26.2 Å². The molecule has 2 rings (SSSR count). The molecule has 1 aliphatic heterocycles. The molecule has 0 spiro atoms. The molecule has 1 fully saturated rings. The number of methoxy groups -OCH3 is 1. The van der Waals surface area contributed by atoms with Crippen LogP contribution in [0.4, 0.5) is 0 Å². The summed E-state index contributed by atoms with van der Waals surface area (Å²) >= 11 is 0. The van der Waals surface area contributed by atoms with Gasteiger partial charge in [0.15, 0.2) is 0 Å². The highest BCUT2D eigenvalue weighted by Crippen LogP contribution is 2.29. The maximum atomic E-state index is 13.0. The van der Waals surface area contributed by atoms with E-state index >= 15 is 0 Å². The lowest BCUT2D eigenvalue weighted by molar-refractivity contribution is 0.261. The van der Waals surface area contributed by atoms with Crippen LogP contribution in [-0.2, 0) is 10.0 Å². The van der Waals surface area contributed by atoms with E-state index in [2.05, 4.69) is 5.32 Å². The molecule has 0 radical (unpaired) electrons. The molecule has 1 aliphatic rings. The molecule has 0 aromatic heterocycles. The Labute approximate surface area is 139 Å². The van der Waals surface area contributed by atoms with Gasteiger partial charge in [0.1, 0.15) is 10.6 Å². The summed E-state index contributed by atoms with van der Waals surface area (Å²) in [6, 6.07) is 6.91. The average Bonchev–Trinajstić information content (AvgIpc) is 2.53. The lowest BCUT2D eigenvalue weighted by atomic mass is 10.1. The molecule has 1 aromatic rings. The molecule has 1 heterocycles. The lowest BCUT2D eigenvalue weighted by Crippen LogP contribution is -2.46. The van der Waals surface area contributed by atoms with Crippen molar-refractivity contribution >= 4 is 22.4 Å². The Hall–Kier alpha value is -0.820. The number of rotatable bonds is 6. The number of halogens is 1. The van der Waals surface area contributed by atoms with E-state index in [9.17, 15) is 8.42 Å². The highest BCUT2D eigenvalue weighted by atomic mass is 35.5. The fourth-order valence-electron chi connectivity index (χ4n) is 2.77. The van der Waals surface area contributed by atoms with Gasteiger partial charge in [0.05, 0.1) is 7.11 Å². The fourth-order valence-corrected chi connectivity index (χ4v) is 4.71. The maximum absolute atomic E-state index is 13.0. The number of hydrogen-bond acceptors (Lipinski definition) is 4. The fraction of sp³-hybridized carbons (Fsp3) is 0.600. The van der Waals surface area contributed by atoms with Crippen LogP contribution in [0.25, 0.3) is 0 Å². The van der Waals surface area contributed by atoms with Crippen molar-refractivity contribution in [3.63, 3.8) is 0 Å². The number of nitrogens with zero attached hydrogens (tertiary/aromatic N) is 1. The summed E-state index contributed by atoms with van der Waals surface area (Å²) in [6.45, 7) is 4.29. The Morgan fingerprint density at radius 2 is 1.91 bits per heavy atom. The molecule has 0 atom stereocenters. The number of ether oxygens (including phenoxy) is 1. The Balaban J connectivity index is 0.00000242. The topological polar surface area (TPSA) is 58.6 Å². The van der Waals surface area contributed by atoms with Crippen molar-refractivity contribution in [1.82, 2.24) is 9.62 Å². The number of para-hydroxylation sites is 1. The van der Waals surface area contributed by atoms with Crippen molar-refractivity contribution in [2.45, 2.75) is 37.1 Å². The molecule has 1 aromatic carbocycles. The SMILES string of the molecule is CCCN(C1CCNCC1)S(=O)(=O)c1ccccc1OC.Cl. The van der Waals surface area contributed by atoms with Crippen LogP contribution in [0.15, 0.2) is 29.2 Å². The van der Waals surface area contributed by atoms with Crippen LogP contribution in [0.2, 0.25) is 0 Å². The van der Waals surface area contributed by atoms with Gasteiger partial charge in [-0.15, -0.1) is 12.4 Å². The van der Waals surface area contributed by atoms with E-state index in [1.807, 2.05) is 6.92 Å². The van der Waals surface area contributed by atoms with E-state index in [0.29, 0.717) is 12.3 Å². The van der Waals surface area contributed by atoms with Crippen LogP contribution >= 0.6 is 12.4 Å². The van der Waals surface area contributed by atoms with E-state index in [4.69, 9.17) is 4.74 Å². The first-order valence-electron chi connectivity index (χ1n) is 7.46. The summed E-state index contributed by atoms with van der Waals surface area (Å²) in [5.74, 6) is 0.410. The zero-order valence-electron chi connectivity index (χ0n) is 13.1. The first-order chi connectivity index (χ1) is 10.1. The van der Waals surface area contributed by atoms with Gasteiger partial charge in [-0.25, -0.2) is 8.42 Å². The second-order valence-electron chi connectivity index (χ2n) is 5.25. The molecular weight excluding hydrogens is 324 g/mol. The monoisotopic (exact) mass is 348 g/mol. The third-order valence-electron chi connectivity index (χ3n) is 3.82. The van der Waals surface area contributed by atoms with Crippen LogP contribution in [0.3, 0.4) is 0 Å². The molecule has 0 unspecified atom stereocenters. The Morgan fingerprint density at radius 1 is 1.27 bits per heavy atom. The van der Waals surface area contributed by atoms with Crippen molar-refractivity contribution in [2.75, 3.05) is 26.7 Å². The predicted molar refractivity (Wildman–Crippen MR) is 90.3 cm³/mol. The van der Waals surface area contributed by atoms with Gasteiger partial charge in [-0.3, -0.25) is 0 Å². The molecule has 1 N–H and O–H groups in total. The van der Waals surface area contributed by atoms with Gasteiger partial charge in [0.2, 0.25) is 10.0 Å². The molecule has 22 heavy (non-hydrogen) atoms. The van der Waals surface area contributed by atoms with E-state index in [1.165, 1.54) is 7.11 Å². The Morgan fingerprint density at radius 3 is 2.50 bits per heavy atom. The number of nitrogens with one attached hydrogen (secondary N) is 1. The Kier molecular flexibility index (Phi) is 7.62.